The van der Waals surface area contributed by atoms with Crippen LogP contribution in [0.15, 0.2) is 59.5 Å². The maximum absolute atomic E-state index is 12.5. The Balaban J connectivity index is 3.14. The van der Waals surface area contributed by atoms with Gasteiger partial charge < -0.3 is 0 Å². The van der Waals surface area contributed by atoms with Crippen molar-refractivity contribution in [3.8, 4) is 0 Å². The molecule has 24 heavy (non-hydrogen) atoms. The predicted octanol–water partition coefficient (Wildman–Crippen LogP) is 3.60. The largest absolute Gasteiger partial charge is 0.295 e. The van der Waals surface area contributed by atoms with Crippen LogP contribution in [-0.2, 0) is 10.1 Å². The molecule has 0 saturated carbocycles. The van der Waals surface area contributed by atoms with Crippen LogP contribution in [0.4, 0.5) is 0 Å². The lowest BCUT2D eigenvalue weighted by atomic mass is 9.91. The summed E-state index contributed by atoms with van der Waals surface area (Å²) in [4.78, 5) is 24.4. The van der Waals surface area contributed by atoms with E-state index in [0.717, 1.165) is 0 Å². The lowest BCUT2D eigenvalue weighted by molar-refractivity contribution is 0.0997. The lowest BCUT2D eigenvalue weighted by Crippen LogP contribution is -2.16. The van der Waals surface area contributed by atoms with Gasteiger partial charge in [-0.15, -0.1) is 0 Å². The van der Waals surface area contributed by atoms with E-state index in [-0.39, 0.29) is 27.7 Å². The van der Waals surface area contributed by atoms with Gasteiger partial charge in [-0.3, -0.25) is 14.1 Å². The zero-order valence-corrected chi connectivity index (χ0v) is 14.1. The van der Waals surface area contributed by atoms with Gasteiger partial charge in [0.2, 0.25) is 0 Å². The summed E-state index contributed by atoms with van der Waals surface area (Å²) in [5.41, 5.74) is -0.313. The molecular formula is C18H16O5S. The van der Waals surface area contributed by atoms with Crippen molar-refractivity contribution in [2.24, 2.45) is 0 Å². The normalized spacial score (nSPS) is 11.3. The summed E-state index contributed by atoms with van der Waals surface area (Å²) in [5, 5.41) is 0.566. The third-order valence-electron chi connectivity index (χ3n) is 3.51. The molecule has 2 aromatic rings. The molecule has 0 amide bonds. The van der Waals surface area contributed by atoms with E-state index in [4.69, 9.17) is 0 Å². The van der Waals surface area contributed by atoms with Crippen LogP contribution >= 0.6 is 0 Å². The molecule has 1 N–H and O–H groups in total. The average molecular weight is 344 g/mol. The van der Waals surface area contributed by atoms with Gasteiger partial charge in [0.05, 0.1) is 5.56 Å². The molecule has 6 heteroatoms. The molecule has 0 aliphatic heterocycles. The van der Waals surface area contributed by atoms with Crippen LogP contribution in [0.2, 0.25) is 0 Å². The number of allylic oxidation sites excluding steroid dienone is 2. The number of rotatable bonds is 5. The Morgan fingerprint density at radius 1 is 1.00 bits per heavy atom. The number of benzene rings is 2. The van der Waals surface area contributed by atoms with Crippen LogP contribution in [-0.4, -0.2) is 24.5 Å². The van der Waals surface area contributed by atoms with Crippen LogP contribution in [0.5, 0.6) is 0 Å². The van der Waals surface area contributed by atoms with Gasteiger partial charge >= 0.3 is 0 Å². The number of fused-ring (bicyclic) bond motifs is 1. The molecule has 0 saturated heterocycles. The minimum atomic E-state index is -4.76. The van der Waals surface area contributed by atoms with Crippen molar-refractivity contribution in [2.75, 3.05) is 0 Å². The first-order valence-electron chi connectivity index (χ1n) is 6.99. The van der Waals surface area contributed by atoms with Gasteiger partial charge in [-0.05, 0) is 36.4 Å². The lowest BCUT2D eigenvalue weighted by Gasteiger charge is -2.15. The summed E-state index contributed by atoms with van der Waals surface area (Å²) in [5.74, 6) is -1.30. The van der Waals surface area contributed by atoms with Crippen LogP contribution in [0.1, 0.15) is 34.6 Å². The third-order valence-corrected chi connectivity index (χ3v) is 4.45. The number of hydrogen-bond donors (Lipinski definition) is 1. The van der Waals surface area contributed by atoms with Crippen molar-refractivity contribution in [2.45, 2.75) is 18.7 Å². The summed E-state index contributed by atoms with van der Waals surface area (Å²) in [6.45, 7) is 9.93. The molecule has 5 nitrogen and oxygen atoms in total. The van der Waals surface area contributed by atoms with Crippen LogP contribution in [0.3, 0.4) is 0 Å². The van der Waals surface area contributed by atoms with Crippen molar-refractivity contribution in [1.82, 2.24) is 0 Å². The zero-order chi connectivity index (χ0) is 18.2. The highest BCUT2D eigenvalue weighted by molar-refractivity contribution is 7.86. The average Bonchev–Trinajstić information content (AvgIpc) is 2.50. The molecule has 2 rings (SSSR count). The molecule has 0 fully saturated rings. The Morgan fingerprint density at radius 2 is 1.54 bits per heavy atom. The molecule has 0 heterocycles. The second-order valence-electron chi connectivity index (χ2n) is 5.54. The van der Waals surface area contributed by atoms with Crippen LogP contribution in [0.25, 0.3) is 10.8 Å². The summed E-state index contributed by atoms with van der Waals surface area (Å²) in [6.07, 6.45) is 0. The summed E-state index contributed by atoms with van der Waals surface area (Å²) in [6, 6.07) is 7.71. The highest BCUT2D eigenvalue weighted by atomic mass is 32.2. The molecule has 0 aliphatic rings. The van der Waals surface area contributed by atoms with Gasteiger partial charge in [-0.2, -0.15) is 8.42 Å². The monoisotopic (exact) mass is 344 g/mol. The van der Waals surface area contributed by atoms with Crippen molar-refractivity contribution >= 4 is 32.5 Å². The highest BCUT2D eigenvalue weighted by Crippen LogP contribution is 2.32. The molecule has 2 aromatic carbocycles. The highest BCUT2D eigenvalue weighted by Gasteiger charge is 2.29. The van der Waals surface area contributed by atoms with E-state index >= 15 is 0 Å². The molecule has 0 spiro atoms. The maximum Gasteiger partial charge on any atom is 0.295 e. The van der Waals surface area contributed by atoms with Crippen molar-refractivity contribution < 1.29 is 22.6 Å². The molecule has 0 unspecified atom stereocenters. The fourth-order valence-electron chi connectivity index (χ4n) is 2.43. The summed E-state index contributed by atoms with van der Waals surface area (Å²) in [7, 11) is -4.76. The van der Waals surface area contributed by atoms with Crippen LogP contribution < -0.4 is 0 Å². The molecule has 0 aliphatic carbocycles. The summed E-state index contributed by atoms with van der Waals surface area (Å²) >= 11 is 0. The fraction of sp³-hybridized carbons (Fsp3) is 0.111. The number of Topliss-reactive ketones (excluding diaryl/α,β-unsaturated/α-hetero) is 2. The topological polar surface area (TPSA) is 88.5 Å². The van der Waals surface area contributed by atoms with E-state index in [1.54, 1.807) is 18.2 Å². The van der Waals surface area contributed by atoms with E-state index < -0.39 is 26.6 Å². The zero-order valence-electron chi connectivity index (χ0n) is 13.3. The van der Waals surface area contributed by atoms with E-state index in [0.29, 0.717) is 5.39 Å². The quantitative estimate of drug-likeness (QED) is 0.508. The maximum atomic E-state index is 12.5. The Labute approximate surface area is 140 Å². The number of hydrogen-bond acceptors (Lipinski definition) is 4. The van der Waals surface area contributed by atoms with E-state index in [9.17, 15) is 22.6 Å². The van der Waals surface area contributed by atoms with Crippen LogP contribution in [0, 0.1) is 0 Å². The molecule has 0 aromatic heterocycles. The second-order valence-corrected chi connectivity index (χ2v) is 6.90. The van der Waals surface area contributed by atoms with Crippen molar-refractivity contribution in [1.29, 1.82) is 0 Å². The molecule has 0 bridgehead atoms. The van der Waals surface area contributed by atoms with Gasteiger partial charge in [0.15, 0.2) is 11.6 Å². The molecule has 0 radical (unpaired) electrons. The second kappa shape index (κ2) is 6.14. The van der Waals surface area contributed by atoms with Crippen molar-refractivity contribution in [3.63, 3.8) is 0 Å². The Morgan fingerprint density at radius 3 is 2.04 bits per heavy atom. The molecule has 124 valence electrons. The van der Waals surface area contributed by atoms with Gasteiger partial charge in [0, 0.05) is 10.9 Å². The Hall–Kier alpha value is -2.57. The fourth-order valence-corrected chi connectivity index (χ4v) is 3.35. The molecular weight excluding hydrogens is 328 g/mol. The smallest absolute Gasteiger partial charge is 0.289 e. The Bertz CT molecular complexity index is 1010. The first-order valence-corrected chi connectivity index (χ1v) is 8.43. The minimum Gasteiger partial charge on any atom is -0.289 e. The SMILES string of the molecule is C=C(C)C(=O)c1cc2ccccc2c(S(=O)(=O)O)c1C(=O)C(=C)C. The van der Waals surface area contributed by atoms with E-state index in [1.165, 1.54) is 26.0 Å². The number of carbonyl (C=O) groups is 2. The Kier molecular flexibility index (Phi) is 4.55. The number of ketones is 2. The van der Waals surface area contributed by atoms with Crippen molar-refractivity contribution in [3.05, 3.63) is 65.8 Å². The summed E-state index contributed by atoms with van der Waals surface area (Å²) < 4.78 is 33.7. The van der Waals surface area contributed by atoms with E-state index in [2.05, 4.69) is 13.2 Å². The first kappa shape index (κ1) is 17.8. The first-order chi connectivity index (χ1) is 11.1. The van der Waals surface area contributed by atoms with Gasteiger partial charge in [0.25, 0.3) is 10.1 Å². The third kappa shape index (κ3) is 3.06. The van der Waals surface area contributed by atoms with E-state index in [1.807, 2.05) is 0 Å². The molecule has 0 atom stereocenters. The van der Waals surface area contributed by atoms with Gasteiger partial charge in [0.1, 0.15) is 4.90 Å². The predicted molar refractivity (Wildman–Crippen MR) is 92.1 cm³/mol. The minimum absolute atomic E-state index is 0.0472. The number of carbonyl (C=O) groups excluding carboxylic acids is 2. The standard InChI is InChI=1S/C18H16O5S/c1-10(2)16(19)14-9-12-7-5-6-8-13(12)18(24(21,22)23)15(14)17(20)11(3)4/h5-9H,1,3H2,2,4H3,(H,21,22,23). The van der Waals surface area contributed by atoms with Gasteiger partial charge in [-0.25, -0.2) is 0 Å². The van der Waals surface area contributed by atoms with Gasteiger partial charge in [-0.1, -0.05) is 37.4 Å².